The van der Waals surface area contributed by atoms with Gasteiger partial charge in [0, 0.05) is 18.5 Å². The molecule has 2 fully saturated rings. The summed E-state index contributed by atoms with van der Waals surface area (Å²) in [5.41, 5.74) is 0.532. The first-order valence-corrected chi connectivity index (χ1v) is 7.91. The van der Waals surface area contributed by atoms with Gasteiger partial charge in [0.1, 0.15) is 5.60 Å². The van der Waals surface area contributed by atoms with Crippen LogP contribution in [-0.4, -0.2) is 34.7 Å². The van der Waals surface area contributed by atoms with Gasteiger partial charge in [0.2, 0.25) is 0 Å². The number of hydrogen-bond donors (Lipinski definition) is 1. The van der Waals surface area contributed by atoms with Crippen LogP contribution in [0.5, 0.6) is 0 Å². The van der Waals surface area contributed by atoms with Crippen LogP contribution in [0.1, 0.15) is 45.3 Å². The molecular weight excluding hydrogens is 274 g/mol. The van der Waals surface area contributed by atoms with E-state index in [1.807, 2.05) is 38.1 Å². The van der Waals surface area contributed by atoms with Crippen LogP contribution in [0.3, 0.4) is 0 Å². The summed E-state index contributed by atoms with van der Waals surface area (Å²) in [5, 5.41) is 5.98. The van der Waals surface area contributed by atoms with E-state index in [4.69, 9.17) is 4.74 Å². The van der Waals surface area contributed by atoms with Gasteiger partial charge in [-0.3, -0.25) is 4.90 Å². The fraction of sp³-hybridized carbons (Fsp3) is 0.714. The van der Waals surface area contributed by atoms with Crippen LogP contribution < -0.4 is 5.32 Å². The van der Waals surface area contributed by atoms with Gasteiger partial charge in [-0.15, -0.1) is 11.3 Å². The summed E-state index contributed by atoms with van der Waals surface area (Å²) < 4.78 is 5.55. The number of thiazole rings is 1. The lowest BCUT2D eigenvalue weighted by molar-refractivity contribution is 0.0179. The monoisotopic (exact) mass is 295 g/mol. The topological polar surface area (TPSA) is 54.5 Å². The van der Waals surface area contributed by atoms with E-state index >= 15 is 0 Å². The third-order valence-corrected chi connectivity index (χ3v) is 4.66. The van der Waals surface area contributed by atoms with Crippen LogP contribution >= 0.6 is 11.3 Å². The zero-order valence-corrected chi connectivity index (χ0v) is 13.2. The van der Waals surface area contributed by atoms with Crippen molar-refractivity contribution in [2.24, 2.45) is 5.92 Å². The van der Waals surface area contributed by atoms with Gasteiger partial charge in [0.15, 0.2) is 5.13 Å². The standard InChI is InChI=1S/C14H21N3O2S/c1-14(2,3)19-13(18)17-10-5-8(10)6-11(17)9-7-20-12(15-4)16-9/h7-8,10-11H,5-6H2,1-4H3,(H,15,16)/t8-,10+,11+/m0/s1. The summed E-state index contributed by atoms with van der Waals surface area (Å²) >= 11 is 1.58. The Labute approximate surface area is 123 Å². The average Bonchev–Trinajstić information content (AvgIpc) is 2.83. The average molecular weight is 295 g/mol. The first-order valence-electron chi connectivity index (χ1n) is 7.03. The molecule has 6 heteroatoms. The van der Waals surface area contributed by atoms with Gasteiger partial charge in [0.05, 0.1) is 11.7 Å². The third-order valence-electron chi connectivity index (χ3n) is 3.79. The summed E-state index contributed by atoms with van der Waals surface area (Å²) in [7, 11) is 1.86. The minimum Gasteiger partial charge on any atom is -0.444 e. The number of amides is 1. The number of likely N-dealkylation sites (tertiary alicyclic amines) is 1. The van der Waals surface area contributed by atoms with Gasteiger partial charge in [-0.2, -0.15) is 0 Å². The Morgan fingerprint density at radius 3 is 2.85 bits per heavy atom. The molecule has 0 spiro atoms. The fourth-order valence-corrected chi connectivity index (χ4v) is 3.57. The van der Waals surface area contributed by atoms with E-state index in [1.54, 1.807) is 11.3 Å². The number of hydrogen-bond acceptors (Lipinski definition) is 5. The lowest BCUT2D eigenvalue weighted by Crippen LogP contribution is -2.38. The van der Waals surface area contributed by atoms with E-state index in [1.165, 1.54) is 0 Å². The number of nitrogens with one attached hydrogen (secondary N) is 1. The maximum atomic E-state index is 12.4. The number of fused-ring (bicyclic) bond motifs is 1. The van der Waals surface area contributed by atoms with Gasteiger partial charge in [-0.25, -0.2) is 9.78 Å². The van der Waals surface area contributed by atoms with Crippen molar-refractivity contribution in [3.63, 3.8) is 0 Å². The van der Waals surface area contributed by atoms with E-state index in [2.05, 4.69) is 10.3 Å². The molecule has 20 heavy (non-hydrogen) atoms. The second-order valence-corrected chi connectivity index (χ2v) is 7.39. The molecule has 1 saturated carbocycles. The summed E-state index contributed by atoms with van der Waals surface area (Å²) in [4.78, 5) is 18.9. The molecule has 1 saturated heterocycles. The van der Waals surface area contributed by atoms with Gasteiger partial charge in [-0.1, -0.05) is 0 Å². The van der Waals surface area contributed by atoms with E-state index in [0.717, 1.165) is 23.7 Å². The first kappa shape index (κ1) is 13.7. The highest BCUT2D eigenvalue weighted by Gasteiger charge is 2.55. The lowest BCUT2D eigenvalue weighted by Gasteiger charge is -2.29. The molecule has 0 aromatic carbocycles. The molecule has 3 atom stereocenters. The fourth-order valence-electron chi connectivity index (χ4n) is 2.85. The summed E-state index contributed by atoms with van der Waals surface area (Å²) in [6.07, 6.45) is 1.92. The highest BCUT2D eigenvalue weighted by atomic mass is 32.1. The van der Waals surface area contributed by atoms with E-state index in [9.17, 15) is 4.79 Å². The van der Waals surface area contributed by atoms with Crippen molar-refractivity contribution < 1.29 is 9.53 Å². The van der Waals surface area contributed by atoms with Crippen molar-refractivity contribution in [2.45, 2.75) is 51.3 Å². The van der Waals surface area contributed by atoms with Crippen molar-refractivity contribution in [3.8, 4) is 0 Å². The molecule has 110 valence electrons. The highest BCUT2D eigenvalue weighted by Crippen LogP contribution is 2.54. The van der Waals surface area contributed by atoms with Crippen molar-refractivity contribution in [3.05, 3.63) is 11.1 Å². The van der Waals surface area contributed by atoms with Crippen LogP contribution in [-0.2, 0) is 4.74 Å². The van der Waals surface area contributed by atoms with Crippen molar-refractivity contribution >= 4 is 22.6 Å². The smallest absolute Gasteiger partial charge is 0.411 e. The normalized spacial score (nSPS) is 28.2. The molecule has 3 rings (SSSR count). The quantitative estimate of drug-likeness (QED) is 0.910. The van der Waals surface area contributed by atoms with E-state index in [-0.39, 0.29) is 12.1 Å². The Morgan fingerprint density at radius 1 is 1.50 bits per heavy atom. The largest absolute Gasteiger partial charge is 0.444 e. The van der Waals surface area contributed by atoms with Gasteiger partial charge < -0.3 is 10.1 Å². The molecule has 1 aromatic heterocycles. The molecule has 0 bridgehead atoms. The zero-order valence-electron chi connectivity index (χ0n) is 12.3. The molecule has 2 heterocycles. The molecule has 1 aliphatic carbocycles. The Morgan fingerprint density at radius 2 is 2.25 bits per heavy atom. The third kappa shape index (κ3) is 2.49. The minimum absolute atomic E-state index is 0.0759. The predicted molar refractivity (Wildman–Crippen MR) is 79.0 cm³/mol. The van der Waals surface area contributed by atoms with Crippen LogP contribution in [0.15, 0.2) is 5.38 Å². The number of piperidine rings is 1. The zero-order chi connectivity index (χ0) is 14.5. The highest BCUT2D eigenvalue weighted by molar-refractivity contribution is 7.13. The summed E-state index contributed by atoms with van der Waals surface area (Å²) in [6.45, 7) is 5.72. The number of carbonyl (C=O) groups is 1. The van der Waals surface area contributed by atoms with Crippen LogP contribution in [0.2, 0.25) is 0 Å². The summed E-state index contributed by atoms with van der Waals surface area (Å²) in [6, 6.07) is 0.432. The molecule has 0 radical (unpaired) electrons. The minimum atomic E-state index is -0.452. The van der Waals surface area contributed by atoms with Gasteiger partial charge >= 0.3 is 6.09 Å². The Hall–Kier alpha value is -1.30. The van der Waals surface area contributed by atoms with Crippen LogP contribution in [0.25, 0.3) is 0 Å². The Kier molecular flexibility index (Phi) is 3.16. The molecule has 2 aliphatic rings. The first-order chi connectivity index (χ1) is 9.39. The SMILES string of the molecule is CNc1nc([C@H]2C[C@@H]3C[C@H]3N2C(=O)OC(C)(C)C)cs1. The Balaban J connectivity index is 1.79. The summed E-state index contributed by atoms with van der Waals surface area (Å²) in [5.74, 6) is 0.632. The predicted octanol–water partition coefficient (Wildman–Crippen LogP) is 3.26. The maximum absolute atomic E-state index is 12.4. The number of aromatic nitrogens is 1. The number of ether oxygens (including phenoxy) is 1. The van der Waals surface area contributed by atoms with Crippen molar-refractivity contribution in [1.29, 1.82) is 0 Å². The number of rotatable bonds is 2. The van der Waals surface area contributed by atoms with E-state index in [0.29, 0.717) is 12.0 Å². The molecule has 5 nitrogen and oxygen atoms in total. The second-order valence-electron chi connectivity index (χ2n) is 6.53. The van der Waals surface area contributed by atoms with Crippen molar-refractivity contribution in [2.75, 3.05) is 12.4 Å². The Bertz CT molecular complexity index is 523. The molecule has 0 unspecified atom stereocenters. The molecule has 1 aliphatic heterocycles. The number of carbonyl (C=O) groups excluding carboxylic acids is 1. The lowest BCUT2D eigenvalue weighted by atomic mass is 10.1. The molecule has 1 amide bonds. The molecule has 1 N–H and O–H groups in total. The number of anilines is 1. The van der Waals surface area contributed by atoms with Crippen molar-refractivity contribution in [1.82, 2.24) is 9.88 Å². The van der Waals surface area contributed by atoms with Crippen LogP contribution in [0, 0.1) is 5.92 Å². The maximum Gasteiger partial charge on any atom is 0.411 e. The second kappa shape index (κ2) is 4.62. The van der Waals surface area contributed by atoms with Gasteiger partial charge in [0.25, 0.3) is 0 Å². The van der Waals surface area contributed by atoms with Gasteiger partial charge in [-0.05, 0) is 39.5 Å². The number of nitrogens with zero attached hydrogens (tertiary/aromatic N) is 2. The van der Waals surface area contributed by atoms with E-state index < -0.39 is 5.60 Å². The molecule has 1 aromatic rings. The molecular formula is C14H21N3O2S. The van der Waals surface area contributed by atoms with Crippen LogP contribution in [0.4, 0.5) is 9.93 Å².